The summed E-state index contributed by atoms with van der Waals surface area (Å²) in [6, 6.07) is 13.2. The second-order valence-electron chi connectivity index (χ2n) is 5.99. The molecule has 0 aliphatic rings. The number of carbonyl (C=O) groups is 1. The molecule has 1 amide bonds. The lowest BCUT2D eigenvalue weighted by Gasteiger charge is -2.14. The van der Waals surface area contributed by atoms with Gasteiger partial charge in [-0.25, -0.2) is 9.97 Å². The number of aromatic nitrogens is 2. The largest absolute Gasteiger partial charge is 0.493 e. The van der Waals surface area contributed by atoms with E-state index in [9.17, 15) is 4.79 Å². The van der Waals surface area contributed by atoms with Gasteiger partial charge in [-0.15, -0.1) is 0 Å². The number of amides is 1. The van der Waals surface area contributed by atoms with E-state index in [2.05, 4.69) is 20.6 Å². The van der Waals surface area contributed by atoms with Crippen molar-refractivity contribution in [1.82, 2.24) is 9.97 Å². The number of rotatable bonds is 8. The Morgan fingerprint density at radius 1 is 0.931 bits per heavy atom. The molecule has 2 aromatic carbocycles. The van der Waals surface area contributed by atoms with E-state index in [1.54, 1.807) is 12.1 Å². The van der Waals surface area contributed by atoms with Gasteiger partial charge in [-0.05, 0) is 5.56 Å². The lowest BCUT2D eigenvalue weighted by atomic mass is 10.2. The molecule has 8 nitrogen and oxygen atoms in total. The van der Waals surface area contributed by atoms with Crippen LogP contribution in [0.25, 0.3) is 0 Å². The molecule has 0 aliphatic carbocycles. The molecular formula is C21H22N4O4. The zero-order chi connectivity index (χ0) is 20.6. The first-order chi connectivity index (χ1) is 14.1. The molecule has 150 valence electrons. The van der Waals surface area contributed by atoms with Gasteiger partial charge in [0.05, 0.1) is 33.7 Å². The lowest BCUT2D eigenvalue weighted by molar-refractivity contribution is 0.102. The molecule has 0 radical (unpaired) electrons. The van der Waals surface area contributed by atoms with Crippen molar-refractivity contribution < 1.29 is 19.0 Å². The van der Waals surface area contributed by atoms with E-state index >= 15 is 0 Å². The number of carbonyl (C=O) groups excluding carboxylic acids is 1. The molecule has 1 heterocycles. The number of anilines is 2. The van der Waals surface area contributed by atoms with Gasteiger partial charge in [0.25, 0.3) is 5.91 Å². The molecule has 2 N–H and O–H groups in total. The number of methoxy groups -OCH3 is 3. The van der Waals surface area contributed by atoms with Gasteiger partial charge in [0, 0.05) is 24.4 Å². The lowest BCUT2D eigenvalue weighted by Crippen LogP contribution is -2.15. The SMILES string of the molecule is COc1cc(NC(=O)c2cnc(NCc3ccccc3)cn2)cc(OC)c1OC. The van der Waals surface area contributed by atoms with E-state index < -0.39 is 5.91 Å². The minimum atomic E-state index is -0.401. The van der Waals surface area contributed by atoms with E-state index in [4.69, 9.17) is 14.2 Å². The van der Waals surface area contributed by atoms with Crippen molar-refractivity contribution in [2.45, 2.75) is 6.54 Å². The Morgan fingerprint density at radius 3 is 2.17 bits per heavy atom. The van der Waals surface area contributed by atoms with Gasteiger partial charge in [-0.1, -0.05) is 30.3 Å². The maximum atomic E-state index is 12.5. The highest BCUT2D eigenvalue weighted by atomic mass is 16.5. The topological polar surface area (TPSA) is 94.6 Å². The first-order valence-electron chi connectivity index (χ1n) is 8.85. The number of nitrogens with zero attached hydrogens (tertiary/aromatic N) is 2. The molecule has 8 heteroatoms. The van der Waals surface area contributed by atoms with Gasteiger partial charge in [0.2, 0.25) is 5.75 Å². The van der Waals surface area contributed by atoms with Crippen molar-refractivity contribution >= 4 is 17.4 Å². The summed E-state index contributed by atoms with van der Waals surface area (Å²) in [5.41, 5.74) is 1.79. The van der Waals surface area contributed by atoms with Crippen molar-refractivity contribution in [3.05, 3.63) is 66.1 Å². The van der Waals surface area contributed by atoms with E-state index in [0.717, 1.165) is 5.56 Å². The van der Waals surface area contributed by atoms with Gasteiger partial charge in [0.15, 0.2) is 11.5 Å². The molecule has 0 atom stereocenters. The number of ether oxygens (including phenoxy) is 3. The minimum Gasteiger partial charge on any atom is -0.493 e. The summed E-state index contributed by atoms with van der Waals surface area (Å²) in [4.78, 5) is 20.9. The second-order valence-corrected chi connectivity index (χ2v) is 5.99. The Bertz CT molecular complexity index is 937. The smallest absolute Gasteiger partial charge is 0.275 e. The van der Waals surface area contributed by atoms with Crippen molar-refractivity contribution in [3.63, 3.8) is 0 Å². The van der Waals surface area contributed by atoms with Crippen molar-refractivity contribution in [1.29, 1.82) is 0 Å². The summed E-state index contributed by atoms with van der Waals surface area (Å²) in [6.45, 7) is 0.618. The second kappa shape index (κ2) is 9.41. The molecule has 0 spiro atoms. The average molecular weight is 394 g/mol. The first-order valence-corrected chi connectivity index (χ1v) is 8.85. The third kappa shape index (κ3) is 4.92. The maximum absolute atomic E-state index is 12.5. The van der Waals surface area contributed by atoms with E-state index in [0.29, 0.717) is 35.3 Å². The highest BCUT2D eigenvalue weighted by molar-refractivity contribution is 6.03. The maximum Gasteiger partial charge on any atom is 0.275 e. The van der Waals surface area contributed by atoms with Gasteiger partial charge in [0.1, 0.15) is 11.5 Å². The van der Waals surface area contributed by atoms with Crippen LogP contribution < -0.4 is 24.8 Å². The van der Waals surface area contributed by atoms with Crippen LogP contribution in [-0.4, -0.2) is 37.2 Å². The van der Waals surface area contributed by atoms with E-state index in [-0.39, 0.29) is 5.69 Å². The normalized spacial score (nSPS) is 10.2. The summed E-state index contributed by atoms with van der Waals surface area (Å²) in [5.74, 6) is 1.50. The molecule has 0 bridgehead atoms. The molecule has 1 aromatic heterocycles. The predicted octanol–water partition coefficient (Wildman–Crippen LogP) is 3.37. The van der Waals surface area contributed by atoms with Crippen LogP contribution in [0.4, 0.5) is 11.5 Å². The van der Waals surface area contributed by atoms with Gasteiger partial charge < -0.3 is 24.8 Å². The molecule has 3 rings (SSSR count). The first kappa shape index (κ1) is 19.9. The number of benzene rings is 2. The molecule has 29 heavy (non-hydrogen) atoms. The van der Waals surface area contributed by atoms with Crippen molar-refractivity contribution in [2.24, 2.45) is 0 Å². The highest BCUT2D eigenvalue weighted by Crippen LogP contribution is 2.39. The fourth-order valence-electron chi connectivity index (χ4n) is 2.67. The van der Waals surface area contributed by atoms with Gasteiger partial charge in [-0.2, -0.15) is 0 Å². The highest BCUT2D eigenvalue weighted by Gasteiger charge is 2.16. The molecule has 0 unspecified atom stereocenters. The van der Waals surface area contributed by atoms with Crippen LogP contribution in [0.3, 0.4) is 0 Å². The average Bonchev–Trinajstić information content (AvgIpc) is 2.77. The molecule has 0 saturated heterocycles. The molecular weight excluding hydrogens is 372 g/mol. The molecule has 0 fully saturated rings. The van der Waals surface area contributed by atoms with Crippen LogP contribution in [0.1, 0.15) is 16.1 Å². The summed E-state index contributed by atoms with van der Waals surface area (Å²) >= 11 is 0. The molecule has 0 aliphatic heterocycles. The minimum absolute atomic E-state index is 0.184. The van der Waals surface area contributed by atoms with Crippen LogP contribution in [0, 0.1) is 0 Å². The zero-order valence-electron chi connectivity index (χ0n) is 16.4. The number of hydrogen-bond donors (Lipinski definition) is 2. The van der Waals surface area contributed by atoms with E-state index in [1.807, 2.05) is 30.3 Å². The van der Waals surface area contributed by atoms with Crippen LogP contribution in [0.15, 0.2) is 54.9 Å². The molecule has 3 aromatic rings. The fraction of sp³-hybridized carbons (Fsp3) is 0.190. The Labute approximate surface area is 168 Å². The van der Waals surface area contributed by atoms with Crippen LogP contribution in [-0.2, 0) is 6.54 Å². The Balaban J connectivity index is 1.68. The predicted molar refractivity (Wildman–Crippen MR) is 110 cm³/mol. The van der Waals surface area contributed by atoms with Crippen molar-refractivity contribution in [2.75, 3.05) is 32.0 Å². The third-order valence-electron chi connectivity index (χ3n) is 4.12. The monoisotopic (exact) mass is 394 g/mol. The fourth-order valence-corrected chi connectivity index (χ4v) is 2.67. The number of hydrogen-bond acceptors (Lipinski definition) is 7. The Kier molecular flexibility index (Phi) is 6.47. The van der Waals surface area contributed by atoms with Crippen molar-refractivity contribution in [3.8, 4) is 17.2 Å². The quantitative estimate of drug-likeness (QED) is 0.605. The Hall–Kier alpha value is -3.81. The molecule has 0 saturated carbocycles. The van der Waals surface area contributed by atoms with Crippen LogP contribution in [0.5, 0.6) is 17.2 Å². The standard InChI is InChI=1S/C21H22N4O4/c1-27-17-9-15(10-18(28-2)20(17)29-3)25-21(26)16-12-24-19(13-22-16)23-11-14-7-5-4-6-8-14/h4-10,12-13H,11H2,1-3H3,(H,23,24)(H,25,26). The third-order valence-corrected chi connectivity index (χ3v) is 4.12. The zero-order valence-corrected chi connectivity index (χ0v) is 16.4. The number of nitrogens with one attached hydrogen (secondary N) is 2. The van der Waals surface area contributed by atoms with Gasteiger partial charge in [-0.3, -0.25) is 4.79 Å². The summed E-state index contributed by atoms with van der Waals surface area (Å²) < 4.78 is 15.9. The van der Waals surface area contributed by atoms with E-state index in [1.165, 1.54) is 33.7 Å². The van der Waals surface area contributed by atoms with Crippen LogP contribution >= 0.6 is 0 Å². The summed E-state index contributed by atoms with van der Waals surface area (Å²) in [6.07, 6.45) is 2.94. The summed E-state index contributed by atoms with van der Waals surface area (Å²) in [7, 11) is 4.53. The van der Waals surface area contributed by atoms with Gasteiger partial charge >= 0.3 is 0 Å². The Morgan fingerprint density at radius 2 is 1.62 bits per heavy atom. The summed E-state index contributed by atoms with van der Waals surface area (Å²) in [5, 5.41) is 5.93. The van der Waals surface area contributed by atoms with Crippen LogP contribution in [0.2, 0.25) is 0 Å².